The van der Waals surface area contributed by atoms with Crippen LogP contribution in [0.3, 0.4) is 0 Å². The molecule has 0 saturated carbocycles. The summed E-state index contributed by atoms with van der Waals surface area (Å²) in [5.41, 5.74) is 8.05. The van der Waals surface area contributed by atoms with Gasteiger partial charge in [0, 0.05) is 17.8 Å². The summed E-state index contributed by atoms with van der Waals surface area (Å²) in [5, 5.41) is 3.77. The lowest BCUT2D eigenvalue weighted by molar-refractivity contribution is -0.118. The molecule has 1 amide bonds. The summed E-state index contributed by atoms with van der Waals surface area (Å²) in [5.74, 6) is -0.450. The van der Waals surface area contributed by atoms with Gasteiger partial charge in [-0.2, -0.15) is 0 Å². The Balaban J connectivity index is 2.31. The quantitative estimate of drug-likeness (QED) is 0.862. The van der Waals surface area contributed by atoms with Crippen LogP contribution in [0.5, 0.6) is 0 Å². The molecule has 2 aromatic rings. The third-order valence-corrected chi connectivity index (χ3v) is 3.36. The lowest BCUT2D eigenvalue weighted by Crippen LogP contribution is -2.28. The van der Waals surface area contributed by atoms with Gasteiger partial charge in [-0.3, -0.25) is 4.79 Å². The predicted molar refractivity (Wildman–Crippen MR) is 84.2 cm³/mol. The Bertz CT molecular complexity index is 614. The van der Waals surface area contributed by atoms with Crippen molar-refractivity contribution in [1.29, 1.82) is 0 Å². The molecule has 0 aromatic heterocycles. The number of rotatable bonds is 6. The van der Waals surface area contributed by atoms with Gasteiger partial charge >= 0.3 is 0 Å². The number of methoxy groups -OCH3 is 1. The van der Waals surface area contributed by atoms with E-state index in [4.69, 9.17) is 22.1 Å². The standard InChI is InChI=1S/C16H17ClN2O2/c1-21-10-11-4-2-3-5-14(11)15(16(18)20)19-13-8-6-12(17)7-9-13/h2-9,15,19H,10H2,1H3,(H2,18,20). The van der Waals surface area contributed by atoms with Crippen molar-refractivity contribution in [2.24, 2.45) is 5.73 Å². The van der Waals surface area contributed by atoms with Gasteiger partial charge in [-0.15, -0.1) is 0 Å². The number of nitrogens with one attached hydrogen (secondary N) is 1. The average Bonchev–Trinajstić information content (AvgIpc) is 2.47. The number of benzene rings is 2. The van der Waals surface area contributed by atoms with Gasteiger partial charge in [0.25, 0.3) is 0 Å². The molecule has 2 aromatic carbocycles. The summed E-state index contributed by atoms with van der Waals surface area (Å²) in [7, 11) is 1.61. The molecule has 5 heteroatoms. The van der Waals surface area contributed by atoms with Crippen LogP contribution in [-0.4, -0.2) is 13.0 Å². The molecule has 21 heavy (non-hydrogen) atoms. The molecule has 2 rings (SSSR count). The summed E-state index contributed by atoms with van der Waals surface area (Å²) in [6.07, 6.45) is 0. The fourth-order valence-corrected chi connectivity index (χ4v) is 2.24. The van der Waals surface area contributed by atoms with Crippen LogP contribution in [0.4, 0.5) is 5.69 Å². The first-order valence-electron chi connectivity index (χ1n) is 6.50. The van der Waals surface area contributed by atoms with E-state index in [1.807, 2.05) is 24.3 Å². The van der Waals surface area contributed by atoms with Crippen molar-refractivity contribution in [3.8, 4) is 0 Å². The first-order valence-corrected chi connectivity index (χ1v) is 6.87. The number of hydrogen-bond acceptors (Lipinski definition) is 3. The van der Waals surface area contributed by atoms with Gasteiger partial charge in [0.2, 0.25) is 5.91 Å². The first kappa shape index (κ1) is 15.4. The van der Waals surface area contributed by atoms with Gasteiger partial charge in [-0.05, 0) is 35.4 Å². The van der Waals surface area contributed by atoms with Crippen molar-refractivity contribution in [2.75, 3.05) is 12.4 Å². The normalized spacial score (nSPS) is 11.9. The molecule has 110 valence electrons. The van der Waals surface area contributed by atoms with Gasteiger partial charge in [-0.1, -0.05) is 35.9 Å². The van der Waals surface area contributed by atoms with Crippen LogP contribution in [-0.2, 0) is 16.1 Å². The maximum absolute atomic E-state index is 11.8. The minimum atomic E-state index is -0.627. The van der Waals surface area contributed by atoms with Crippen LogP contribution in [0.2, 0.25) is 5.02 Å². The number of hydrogen-bond donors (Lipinski definition) is 2. The molecule has 1 unspecified atom stereocenters. The zero-order valence-corrected chi connectivity index (χ0v) is 12.4. The second kappa shape index (κ2) is 7.11. The molecule has 0 heterocycles. The number of halogens is 1. The number of nitrogens with two attached hydrogens (primary N) is 1. The zero-order valence-electron chi connectivity index (χ0n) is 11.7. The monoisotopic (exact) mass is 304 g/mol. The Kier molecular flexibility index (Phi) is 5.20. The number of carbonyl (C=O) groups is 1. The molecule has 0 fully saturated rings. The van der Waals surface area contributed by atoms with Crippen molar-refractivity contribution in [2.45, 2.75) is 12.6 Å². The van der Waals surface area contributed by atoms with Crippen LogP contribution >= 0.6 is 11.6 Å². The highest BCUT2D eigenvalue weighted by Gasteiger charge is 2.20. The van der Waals surface area contributed by atoms with E-state index in [1.54, 1.807) is 31.4 Å². The van der Waals surface area contributed by atoms with Crippen LogP contribution < -0.4 is 11.1 Å². The lowest BCUT2D eigenvalue weighted by Gasteiger charge is -2.20. The third-order valence-electron chi connectivity index (χ3n) is 3.11. The van der Waals surface area contributed by atoms with Crippen LogP contribution in [0.15, 0.2) is 48.5 Å². The smallest absolute Gasteiger partial charge is 0.244 e. The van der Waals surface area contributed by atoms with E-state index in [-0.39, 0.29) is 0 Å². The SMILES string of the molecule is COCc1ccccc1C(Nc1ccc(Cl)cc1)C(N)=O. The first-order chi connectivity index (χ1) is 10.1. The molecular weight excluding hydrogens is 288 g/mol. The molecule has 0 aliphatic rings. The topological polar surface area (TPSA) is 64.3 Å². The molecule has 0 saturated heterocycles. The van der Waals surface area contributed by atoms with Gasteiger partial charge in [0.1, 0.15) is 6.04 Å². The Morgan fingerprint density at radius 1 is 1.24 bits per heavy atom. The molecule has 4 nitrogen and oxygen atoms in total. The largest absolute Gasteiger partial charge is 0.380 e. The van der Waals surface area contributed by atoms with Crippen molar-refractivity contribution < 1.29 is 9.53 Å². The van der Waals surface area contributed by atoms with Crippen LogP contribution in [0, 0.1) is 0 Å². The van der Waals surface area contributed by atoms with E-state index >= 15 is 0 Å². The maximum atomic E-state index is 11.8. The number of anilines is 1. The predicted octanol–water partition coefficient (Wildman–Crippen LogP) is 3.12. The van der Waals surface area contributed by atoms with Crippen molar-refractivity contribution in [3.05, 3.63) is 64.7 Å². The molecule has 0 aliphatic carbocycles. The molecule has 0 radical (unpaired) electrons. The van der Waals surface area contributed by atoms with Crippen molar-refractivity contribution >= 4 is 23.2 Å². The van der Waals surface area contributed by atoms with Gasteiger partial charge in [0.05, 0.1) is 6.61 Å². The minimum Gasteiger partial charge on any atom is -0.380 e. The number of primary amides is 1. The molecule has 1 atom stereocenters. The highest BCUT2D eigenvalue weighted by molar-refractivity contribution is 6.30. The van der Waals surface area contributed by atoms with Crippen molar-refractivity contribution in [1.82, 2.24) is 0 Å². The summed E-state index contributed by atoms with van der Waals surface area (Å²) >= 11 is 5.86. The number of carbonyl (C=O) groups excluding carboxylic acids is 1. The average molecular weight is 305 g/mol. The molecule has 3 N–H and O–H groups in total. The zero-order chi connectivity index (χ0) is 15.2. The Hall–Kier alpha value is -2.04. The van der Waals surface area contributed by atoms with Crippen LogP contribution in [0.1, 0.15) is 17.2 Å². The van der Waals surface area contributed by atoms with Gasteiger partial charge in [0.15, 0.2) is 0 Å². The molecule has 0 spiro atoms. The van der Waals surface area contributed by atoms with Crippen LogP contribution in [0.25, 0.3) is 0 Å². The Morgan fingerprint density at radius 2 is 1.90 bits per heavy atom. The summed E-state index contributed by atoms with van der Waals surface area (Å²) < 4.78 is 5.17. The van der Waals surface area contributed by atoms with E-state index in [1.165, 1.54) is 0 Å². The van der Waals surface area contributed by atoms with E-state index in [9.17, 15) is 4.79 Å². The minimum absolute atomic E-state index is 0.419. The maximum Gasteiger partial charge on any atom is 0.244 e. The Morgan fingerprint density at radius 3 is 2.52 bits per heavy atom. The third kappa shape index (κ3) is 3.97. The van der Waals surface area contributed by atoms with E-state index in [0.717, 1.165) is 16.8 Å². The van der Waals surface area contributed by atoms with Gasteiger partial charge in [-0.25, -0.2) is 0 Å². The number of amides is 1. The fraction of sp³-hybridized carbons (Fsp3) is 0.188. The van der Waals surface area contributed by atoms with Gasteiger partial charge < -0.3 is 15.8 Å². The highest BCUT2D eigenvalue weighted by atomic mass is 35.5. The fourth-order valence-electron chi connectivity index (χ4n) is 2.12. The lowest BCUT2D eigenvalue weighted by atomic mass is 10.00. The van der Waals surface area contributed by atoms with E-state index in [2.05, 4.69) is 5.32 Å². The summed E-state index contributed by atoms with van der Waals surface area (Å²) in [4.78, 5) is 11.8. The summed E-state index contributed by atoms with van der Waals surface area (Å²) in [6.45, 7) is 0.419. The molecule has 0 aliphatic heterocycles. The van der Waals surface area contributed by atoms with E-state index in [0.29, 0.717) is 11.6 Å². The molecule has 0 bridgehead atoms. The summed E-state index contributed by atoms with van der Waals surface area (Å²) in [6, 6.07) is 14.0. The number of ether oxygens (including phenoxy) is 1. The highest BCUT2D eigenvalue weighted by Crippen LogP contribution is 2.24. The molecular formula is C16H17ClN2O2. The van der Waals surface area contributed by atoms with Crippen molar-refractivity contribution in [3.63, 3.8) is 0 Å². The Labute approximate surface area is 128 Å². The second-order valence-electron chi connectivity index (χ2n) is 4.62. The van der Waals surface area contributed by atoms with E-state index < -0.39 is 11.9 Å². The second-order valence-corrected chi connectivity index (χ2v) is 5.05.